The minimum absolute atomic E-state index is 0.991. The summed E-state index contributed by atoms with van der Waals surface area (Å²) in [6.07, 6.45) is 4.36. The van der Waals surface area contributed by atoms with Gasteiger partial charge < -0.3 is 10.2 Å². The monoisotopic (exact) mass is 188 g/mol. The van der Waals surface area contributed by atoms with Crippen LogP contribution in [0.4, 0.5) is 0 Å². The molecule has 1 N–H and O–H groups in total. The van der Waals surface area contributed by atoms with Gasteiger partial charge in [-0.1, -0.05) is 36.4 Å². The summed E-state index contributed by atoms with van der Waals surface area (Å²) in [6, 6.07) is 10.6. The molecule has 0 aliphatic carbocycles. The first-order valence-corrected chi connectivity index (χ1v) is 5.10. The summed E-state index contributed by atoms with van der Waals surface area (Å²) in [5, 5.41) is 3.33. The van der Waals surface area contributed by atoms with Crippen molar-refractivity contribution in [3.05, 3.63) is 48.2 Å². The number of hydrogen-bond acceptors (Lipinski definition) is 2. The fourth-order valence-corrected chi connectivity index (χ4v) is 1.63. The van der Waals surface area contributed by atoms with Gasteiger partial charge in [0.15, 0.2) is 0 Å². The number of nitrogens with zero attached hydrogens (tertiary/aromatic N) is 1. The highest BCUT2D eigenvalue weighted by Gasteiger charge is 2.02. The molecule has 0 bridgehead atoms. The normalized spacial score (nSPS) is 16.7. The molecule has 2 nitrogen and oxygen atoms in total. The Labute approximate surface area is 85.2 Å². The lowest BCUT2D eigenvalue weighted by Crippen LogP contribution is -2.25. The highest BCUT2D eigenvalue weighted by Crippen LogP contribution is 2.05. The molecule has 0 radical (unpaired) electrons. The Bertz CT molecular complexity index is 292. The fourth-order valence-electron chi connectivity index (χ4n) is 1.63. The van der Waals surface area contributed by atoms with E-state index in [1.54, 1.807) is 0 Å². The van der Waals surface area contributed by atoms with Crippen molar-refractivity contribution in [2.75, 3.05) is 19.6 Å². The van der Waals surface area contributed by atoms with Crippen LogP contribution < -0.4 is 5.32 Å². The second-order valence-corrected chi connectivity index (χ2v) is 3.54. The van der Waals surface area contributed by atoms with E-state index in [2.05, 4.69) is 52.8 Å². The van der Waals surface area contributed by atoms with Crippen LogP contribution in [0, 0.1) is 0 Å². The zero-order valence-electron chi connectivity index (χ0n) is 8.32. The SMILES string of the molecule is C1=CN(Cc2ccccc2)CCNC1. The van der Waals surface area contributed by atoms with Gasteiger partial charge in [-0.15, -0.1) is 0 Å². The molecule has 1 heterocycles. The van der Waals surface area contributed by atoms with E-state index in [1.165, 1.54) is 5.56 Å². The molecule has 0 amide bonds. The van der Waals surface area contributed by atoms with Gasteiger partial charge >= 0.3 is 0 Å². The Kier molecular flexibility index (Phi) is 3.19. The van der Waals surface area contributed by atoms with Crippen molar-refractivity contribution in [3.8, 4) is 0 Å². The molecule has 0 aromatic heterocycles. The molecule has 0 fully saturated rings. The molecule has 0 spiro atoms. The van der Waals surface area contributed by atoms with Crippen molar-refractivity contribution in [2.45, 2.75) is 6.54 Å². The minimum atomic E-state index is 0.991. The van der Waals surface area contributed by atoms with E-state index in [1.807, 2.05) is 0 Å². The third-order valence-electron chi connectivity index (χ3n) is 2.38. The summed E-state index contributed by atoms with van der Waals surface area (Å²) in [5.41, 5.74) is 1.37. The molecule has 14 heavy (non-hydrogen) atoms. The summed E-state index contributed by atoms with van der Waals surface area (Å²) in [7, 11) is 0. The van der Waals surface area contributed by atoms with Gasteiger partial charge in [0.05, 0.1) is 0 Å². The number of nitrogens with one attached hydrogen (secondary N) is 1. The Morgan fingerprint density at radius 3 is 2.93 bits per heavy atom. The van der Waals surface area contributed by atoms with Gasteiger partial charge in [0.1, 0.15) is 0 Å². The standard InChI is InChI=1S/C12H16N2/c1-2-5-12(6-3-1)11-14-9-4-7-13-8-10-14/h1-6,9,13H,7-8,10-11H2. The topological polar surface area (TPSA) is 15.3 Å². The van der Waals surface area contributed by atoms with Crippen LogP contribution in [0.25, 0.3) is 0 Å². The maximum atomic E-state index is 3.33. The van der Waals surface area contributed by atoms with Crippen LogP contribution in [0.1, 0.15) is 5.56 Å². The van der Waals surface area contributed by atoms with Gasteiger partial charge in [0, 0.05) is 26.2 Å². The van der Waals surface area contributed by atoms with Crippen molar-refractivity contribution in [2.24, 2.45) is 0 Å². The largest absolute Gasteiger partial charge is 0.372 e. The van der Waals surface area contributed by atoms with Crippen LogP contribution in [0.2, 0.25) is 0 Å². The number of benzene rings is 1. The molecule has 1 aliphatic heterocycles. The summed E-state index contributed by atoms with van der Waals surface area (Å²) in [6.45, 7) is 4.16. The number of hydrogen-bond donors (Lipinski definition) is 1. The summed E-state index contributed by atoms with van der Waals surface area (Å²) in [4.78, 5) is 2.34. The van der Waals surface area contributed by atoms with Gasteiger partial charge in [0.2, 0.25) is 0 Å². The third kappa shape index (κ3) is 2.60. The predicted octanol–water partition coefficient (Wildman–Crippen LogP) is 1.61. The average Bonchev–Trinajstić information content (AvgIpc) is 2.48. The lowest BCUT2D eigenvalue weighted by Gasteiger charge is -2.18. The zero-order valence-corrected chi connectivity index (χ0v) is 8.32. The maximum Gasteiger partial charge on any atom is 0.0424 e. The molecule has 74 valence electrons. The van der Waals surface area contributed by atoms with Crippen LogP contribution in [0.3, 0.4) is 0 Å². The average molecular weight is 188 g/mol. The lowest BCUT2D eigenvalue weighted by molar-refractivity contribution is 0.375. The summed E-state index contributed by atoms with van der Waals surface area (Å²) >= 11 is 0. The quantitative estimate of drug-likeness (QED) is 0.758. The Hall–Kier alpha value is -1.28. The first kappa shape index (κ1) is 9.28. The molecular weight excluding hydrogens is 172 g/mol. The van der Waals surface area contributed by atoms with E-state index >= 15 is 0 Å². The maximum absolute atomic E-state index is 3.33. The molecule has 0 saturated carbocycles. The molecule has 0 atom stereocenters. The number of rotatable bonds is 2. The van der Waals surface area contributed by atoms with Crippen LogP contribution in [0.5, 0.6) is 0 Å². The van der Waals surface area contributed by atoms with Gasteiger partial charge in [-0.2, -0.15) is 0 Å². The molecule has 2 heteroatoms. The van der Waals surface area contributed by atoms with Gasteiger partial charge in [-0.25, -0.2) is 0 Å². The first-order chi connectivity index (χ1) is 6.95. The summed E-state index contributed by atoms with van der Waals surface area (Å²) in [5.74, 6) is 0. The predicted molar refractivity (Wildman–Crippen MR) is 58.9 cm³/mol. The minimum Gasteiger partial charge on any atom is -0.372 e. The van der Waals surface area contributed by atoms with E-state index < -0.39 is 0 Å². The Morgan fingerprint density at radius 2 is 2.07 bits per heavy atom. The molecule has 1 aromatic carbocycles. The molecule has 1 aliphatic rings. The van der Waals surface area contributed by atoms with E-state index in [-0.39, 0.29) is 0 Å². The van der Waals surface area contributed by atoms with Crippen molar-refractivity contribution in [1.82, 2.24) is 10.2 Å². The molecular formula is C12H16N2. The highest BCUT2D eigenvalue weighted by molar-refractivity contribution is 5.15. The zero-order chi connectivity index (χ0) is 9.64. The van der Waals surface area contributed by atoms with Gasteiger partial charge in [-0.3, -0.25) is 0 Å². The smallest absolute Gasteiger partial charge is 0.0424 e. The third-order valence-corrected chi connectivity index (χ3v) is 2.38. The second-order valence-electron chi connectivity index (χ2n) is 3.54. The highest BCUT2D eigenvalue weighted by atomic mass is 15.1. The molecule has 2 rings (SSSR count). The summed E-state index contributed by atoms with van der Waals surface area (Å²) < 4.78 is 0. The van der Waals surface area contributed by atoms with E-state index in [9.17, 15) is 0 Å². The van der Waals surface area contributed by atoms with E-state index in [0.717, 1.165) is 26.2 Å². The van der Waals surface area contributed by atoms with Gasteiger partial charge in [0.25, 0.3) is 0 Å². The van der Waals surface area contributed by atoms with Crippen molar-refractivity contribution < 1.29 is 0 Å². The molecule has 1 aromatic rings. The van der Waals surface area contributed by atoms with Crippen molar-refractivity contribution in [1.29, 1.82) is 0 Å². The van der Waals surface area contributed by atoms with Crippen LogP contribution >= 0.6 is 0 Å². The van der Waals surface area contributed by atoms with E-state index in [0.29, 0.717) is 0 Å². The lowest BCUT2D eigenvalue weighted by atomic mass is 10.2. The Balaban J connectivity index is 1.96. The first-order valence-electron chi connectivity index (χ1n) is 5.10. The van der Waals surface area contributed by atoms with Crippen molar-refractivity contribution >= 4 is 0 Å². The second kappa shape index (κ2) is 4.82. The molecule has 0 saturated heterocycles. The van der Waals surface area contributed by atoms with Crippen molar-refractivity contribution in [3.63, 3.8) is 0 Å². The van der Waals surface area contributed by atoms with Gasteiger partial charge in [-0.05, 0) is 11.8 Å². The Morgan fingerprint density at radius 1 is 1.21 bits per heavy atom. The van der Waals surface area contributed by atoms with Crippen LogP contribution in [0.15, 0.2) is 42.6 Å². The van der Waals surface area contributed by atoms with E-state index in [4.69, 9.17) is 0 Å². The van der Waals surface area contributed by atoms with Crippen LogP contribution in [-0.4, -0.2) is 24.5 Å². The van der Waals surface area contributed by atoms with Crippen LogP contribution in [-0.2, 0) is 6.54 Å². The molecule has 0 unspecified atom stereocenters. The fraction of sp³-hybridized carbons (Fsp3) is 0.333.